The molecular formula is C21H20N4O. The first-order chi connectivity index (χ1) is 12.7. The lowest BCUT2D eigenvalue weighted by Crippen LogP contribution is -2.27. The van der Waals surface area contributed by atoms with Crippen LogP contribution in [0.1, 0.15) is 23.3 Å². The maximum Gasteiger partial charge on any atom is 0.276 e. The van der Waals surface area contributed by atoms with Gasteiger partial charge in [-0.2, -0.15) is 0 Å². The standard InChI is InChI=1S/C21H20N4O/c1-25(17-10-6-3-7-11-17)21(26)18-14-19(22-16-12-13-16)24-20(23-18)15-8-4-2-5-9-15/h2-11,14,16H,12-13H2,1H3,(H,22,23,24). The van der Waals surface area contributed by atoms with E-state index in [0.717, 1.165) is 24.1 Å². The Kier molecular flexibility index (Phi) is 4.35. The van der Waals surface area contributed by atoms with Crippen molar-refractivity contribution in [3.8, 4) is 11.4 Å². The monoisotopic (exact) mass is 344 g/mol. The summed E-state index contributed by atoms with van der Waals surface area (Å²) in [6, 6.07) is 21.5. The summed E-state index contributed by atoms with van der Waals surface area (Å²) in [6.07, 6.45) is 2.27. The number of nitrogens with one attached hydrogen (secondary N) is 1. The average molecular weight is 344 g/mol. The van der Waals surface area contributed by atoms with Crippen molar-refractivity contribution in [1.82, 2.24) is 9.97 Å². The normalized spacial score (nSPS) is 13.3. The minimum absolute atomic E-state index is 0.158. The van der Waals surface area contributed by atoms with Crippen LogP contribution in [0, 0.1) is 0 Å². The predicted octanol–water partition coefficient (Wildman–Crippen LogP) is 3.99. The van der Waals surface area contributed by atoms with Gasteiger partial charge in [0.1, 0.15) is 11.5 Å². The largest absolute Gasteiger partial charge is 0.367 e. The quantitative estimate of drug-likeness (QED) is 0.760. The summed E-state index contributed by atoms with van der Waals surface area (Å²) < 4.78 is 0. The zero-order valence-electron chi connectivity index (χ0n) is 14.6. The Labute approximate surface area is 152 Å². The number of benzene rings is 2. The first kappa shape index (κ1) is 16.3. The number of aromatic nitrogens is 2. The maximum absolute atomic E-state index is 13.0. The van der Waals surface area contributed by atoms with Crippen molar-refractivity contribution in [1.29, 1.82) is 0 Å². The predicted molar refractivity (Wildman–Crippen MR) is 103 cm³/mol. The lowest BCUT2D eigenvalue weighted by Gasteiger charge is -2.17. The van der Waals surface area contributed by atoms with Gasteiger partial charge in [0.2, 0.25) is 0 Å². The van der Waals surface area contributed by atoms with E-state index in [4.69, 9.17) is 0 Å². The molecule has 0 atom stereocenters. The van der Waals surface area contributed by atoms with Crippen molar-refractivity contribution < 1.29 is 4.79 Å². The van der Waals surface area contributed by atoms with Gasteiger partial charge in [-0.3, -0.25) is 4.79 Å². The van der Waals surface area contributed by atoms with Crippen LogP contribution in [-0.2, 0) is 0 Å². The van der Waals surface area contributed by atoms with Crippen LogP contribution in [0.2, 0.25) is 0 Å². The number of nitrogens with zero attached hydrogens (tertiary/aromatic N) is 3. The van der Waals surface area contributed by atoms with E-state index in [1.165, 1.54) is 0 Å². The highest BCUT2D eigenvalue weighted by Crippen LogP contribution is 2.26. The van der Waals surface area contributed by atoms with Gasteiger partial charge in [0.25, 0.3) is 5.91 Å². The molecule has 1 saturated carbocycles. The lowest BCUT2D eigenvalue weighted by molar-refractivity contribution is 0.0988. The number of carbonyl (C=O) groups is 1. The van der Waals surface area contributed by atoms with E-state index in [2.05, 4.69) is 15.3 Å². The summed E-state index contributed by atoms with van der Waals surface area (Å²) in [5, 5.41) is 3.38. The molecule has 0 spiro atoms. The molecule has 1 aromatic heterocycles. The highest BCUT2D eigenvalue weighted by molar-refractivity contribution is 6.05. The number of para-hydroxylation sites is 1. The highest BCUT2D eigenvalue weighted by atomic mass is 16.2. The third-order valence-corrected chi connectivity index (χ3v) is 4.35. The molecule has 5 nitrogen and oxygen atoms in total. The maximum atomic E-state index is 13.0. The fourth-order valence-corrected chi connectivity index (χ4v) is 2.72. The second-order valence-electron chi connectivity index (χ2n) is 6.45. The third kappa shape index (κ3) is 3.57. The van der Waals surface area contributed by atoms with Gasteiger partial charge in [0, 0.05) is 30.4 Å². The Morgan fingerprint density at radius 2 is 1.65 bits per heavy atom. The van der Waals surface area contributed by atoms with Crippen LogP contribution in [0.5, 0.6) is 0 Å². The molecule has 3 aromatic rings. The SMILES string of the molecule is CN(C(=O)c1cc(NC2CC2)nc(-c2ccccc2)n1)c1ccccc1. The summed E-state index contributed by atoms with van der Waals surface area (Å²) in [5.41, 5.74) is 2.10. The molecule has 1 aliphatic rings. The van der Waals surface area contributed by atoms with Crippen LogP contribution in [0.4, 0.5) is 11.5 Å². The number of hydrogen-bond donors (Lipinski definition) is 1. The van der Waals surface area contributed by atoms with Crippen molar-refractivity contribution in [2.45, 2.75) is 18.9 Å². The van der Waals surface area contributed by atoms with E-state index in [0.29, 0.717) is 23.4 Å². The van der Waals surface area contributed by atoms with E-state index in [-0.39, 0.29) is 5.91 Å². The number of amides is 1. The van der Waals surface area contributed by atoms with Gasteiger partial charge in [-0.25, -0.2) is 9.97 Å². The number of hydrogen-bond acceptors (Lipinski definition) is 4. The third-order valence-electron chi connectivity index (χ3n) is 4.35. The van der Waals surface area contributed by atoms with E-state index in [1.54, 1.807) is 18.0 Å². The van der Waals surface area contributed by atoms with Gasteiger partial charge in [-0.15, -0.1) is 0 Å². The number of rotatable bonds is 5. The van der Waals surface area contributed by atoms with Crippen LogP contribution < -0.4 is 10.2 Å². The van der Waals surface area contributed by atoms with Gasteiger partial charge < -0.3 is 10.2 Å². The van der Waals surface area contributed by atoms with Crippen LogP contribution in [0.15, 0.2) is 66.7 Å². The van der Waals surface area contributed by atoms with Crippen LogP contribution >= 0.6 is 0 Å². The van der Waals surface area contributed by atoms with Gasteiger partial charge in [0.05, 0.1) is 0 Å². The molecule has 0 unspecified atom stereocenters. The second kappa shape index (κ2) is 6.96. The molecular weight excluding hydrogens is 324 g/mol. The van der Waals surface area contributed by atoms with Crippen LogP contribution in [0.3, 0.4) is 0 Å². The second-order valence-corrected chi connectivity index (χ2v) is 6.45. The number of carbonyl (C=O) groups excluding carboxylic acids is 1. The van der Waals surface area contributed by atoms with Gasteiger partial charge in [-0.1, -0.05) is 48.5 Å². The smallest absolute Gasteiger partial charge is 0.276 e. The first-order valence-corrected chi connectivity index (χ1v) is 8.75. The lowest BCUT2D eigenvalue weighted by atomic mass is 10.2. The Bertz CT molecular complexity index is 908. The van der Waals surface area contributed by atoms with E-state index in [9.17, 15) is 4.79 Å². The summed E-state index contributed by atoms with van der Waals surface area (Å²) in [6.45, 7) is 0. The van der Waals surface area contributed by atoms with E-state index in [1.807, 2.05) is 60.7 Å². The van der Waals surface area contributed by atoms with Gasteiger partial charge >= 0.3 is 0 Å². The number of anilines is 2. The molecule has 0 aliphatic heterocycles. The van der Waals surface area contributed by atoms with Crippen LogP contribution in [0.25, 0.3) is 11.4 Å². The molecule has 5 heteroatoms. The van der Waals surface area contributed by atoms with Gasteiger partial charge in [0.15, 0.2) is 5.82 Å². The minimum atomic E-state index is -0.158. The minimum Gasteiger partial charge on any atom is -0.367 e. The molecule has 26 heavy (non-hydrogen) atoms. The molecule has 0 bridgehead atoms. The molecule has 0 saturated heterocycles. The summed E-state index contributed by atoms with van der Waals surface area (Å²) in [4.78, 5) is 23.7. The van der Waals surface area contributed by atoms with Crippen molar-refractivity contribution in [3.05, 3.63) is 72.4 Å². The zero-order chi connectivity index (χ0) is 17.9. The summed E-state index contributed by atoms with van der Waals surface area (Å²) in [7, 11) is 1.76. The molecule has 1 amide bonds. The van der Waals surface area contributed by atoms with Gasteiger partial charge in [-0.05, 0) is 25.0 Å². The molecule has 2 aromatic carbocycles. The van der Waals surface area contributed by atoms with Crippen molar-refractivity contribution >= 4 is 17.4 Å². The Hall–Kier alpha value is -3.21. The molecule has 1 aliphatic carbocycles. The summed E-state index contributed by atoms with van der Waals surface area (Å²) in [5.74, 6) is 1.10. The van der Waals surface area contributed by atoms with Crippen molar-refractivity contribution in [2.24, 2.45) is 0 Å². The van der Waals surface area contributed by atoms with Crippen LogP contribution in [-0.4, -0.2) is 29.0 Å². The Morgan fingerprint density at radius 1 is 1.00 bits per heavy atom. The molecule has 130 valence electrons. The molecule has 0 radical (unpaired) electrons. The van der Waals surface area contributed by atoms with E-state index < -0.39 is 0 Å². The Morgan fingerprint density at radius 3 is 2.31 bits per heavy atom. The molecule has 1 heterocycles. The zero-order valence-corrected chi connectivity index (χ0v) is 14.6. The Balaban J connectivity index is 1.71. The van der Waals surface area contributed by atoms with Crippen molar-refractivity contribution in [2.75, 3.05) is 17.3 Å². The molecule has 1 fully saturated rings. The van der Waals surface area contributed by atoms with E-state index >= 15 is 0 Å². The highest BCUT2D eigenvalue weighted by Gasteiger charge is 2.23. The topological polar surface area (TPSA) is 58.1 Å². The summed E-state index contributed by atoms with van der Waals surface area (Å²) >= 11 is 0. The fourth-order valence-electron chi connectivity index (χ4n) is 2.72. The first-order valence-electron chi connectivity index (χ1n) is 8.75. The molecule has 1 N–H and O–H groups in total. The fraction of sp³-hybridized carbons (Fsp3) is 0.190. The van der Waals surface area contributed by atoms with Crippen molar-refractivity contribution in [3.63, 3.8) is 0 Å². The molecule has 4 rings (SSSR count). The average Bonchev–Trinajstić information content (AvgIpc) is 3.52.